The van der Waals surface area contributed by atoms with E-state index in [1.54, 1.807) is 21.6 Å². The maximum atomic E-state index is 11.6. The number of rotatable bonds is 16. The molecule has 0 aromatic rings. The van der Waals surface area contributed by atoms with E-state index >= 15 is 0 Å². The van der Waals surface area contributed by atoms with Gasteiger partial charge in [0.2, 0.25) is 5.91 Å². The van der Waals surface area contributed by atoms with Gasteiger partial charge in [-0.05, 0) is 12.8 Å². The minimum absolute atomic E-state index is 0.149. The van der Waals surface area contributed by atoms with Gasteiger partial charge in [0.25, 0.3) is 0 Å². The molecule has 0 aromatic heterocycles. The quantitative estimate of drug-likeness (QED) is 0.315. The van der Waals surface area contributed by atoms with Crippen LogP contribution in [-0.4, -0.2) is 29.7 Å². The highest BCUT2D eigenvalue weighted by atomic mass is 33.1. The summed E-state index contributed by atoms with van der Waals surface area (Å²) in [4.78, 5) is 23.2. The fourth-order valence-corrected chi connectivity index (χ4v) is 4.00. The number of carbonyl (C=O) groups is 2. The van der Waals surface area contributed by atoms with Crippen LogP contribution in [0.4, 0.5) is 0 Å². The summed E-state index contributed by atoms with van der Waals surface area (Å²) in [5, 5.41) is 2.94. The molecule has 0 aliphatic carbocycles. The molecule has 22 heavy (non-hydrogen) atoms. The summed E-state index contributed by atoms with van der Waals surface area (Å²) in [6.07, 6.45) is 10.1. The Morgan fingerprint density at radius 3 is 2.09 bits per heavy atom. The van der Waals surface area contributed by atoms with E-state index < -0.39 is 0 Å². The van der Waals surface area contributed by atoms with Crippen LogP contribution in [0, 0.1) is 0 Å². The third-order valence-corrected chi connectivity index (χ3v) is 5.78. The van der Waals surface area contributed by atoms with E-state index in [0.29, 0.717) is 18.6 Å². The number of hydrogen-bond donors (Lipinski definition) is 1. The first kappa shape index (κ1) is 21.8. The molecule has 5 heteroatoms. The predicted molar refractivity (Wildman–Crippen MR) is 100 cm³/mol. The Morgan fingerprint density at radius 1 is 0.773 bits per heavy atom. The van der Waals surface area contributed by atoms with Gasteiger partial charge in [0.05, 0.1) is 0 Å². The maximum absolute atomic E-state index is 11.6. The van der Waals surface area contributed by atoms with Crippen LogP contribution in [0.15, 0.2) is 0 Å². The Kier molecular flexibility index (Phi) is 17.1. The summed E-state index contributed by atoms with van der Waals surface area (Å²) < 4.78 is 0. The van der Waals surface area contributed by atoms with Gasteiger partial charge in [0.15, 0.2) is 0 Å². The van der Waals surface area contributed by atoms with E-state index in [1.807, 2.05) is 0 Å². The summed E-state index contributed by atoms with van der Waals surface area (Å²) in [5.74, 6) is 2.23. The molecule has 0 bridgehead atoms. The lowest BCUT2D eigenvalue weighted by atomic mass is 10.1. The molecule has 1 N–H and O–H groups in total. The monoisotopic (exact) mass is 347 g/mol. The second kappa shape index (κ2) is 17.2. The standard InChI is InChI=1S/C17H33NO2S2/c1-3-5-7-8-10-16(19)11-14-21-22-15-12-17(20)18-13-9-6-4-2/h3-15H2,1-2H3,(H,18,20). The number of ketones is 1. The van der Waals surface area contributed by atoms with Gasteiger partial charge >= 0.3 is 0 Å². The highest BCUT2D eigenvalue weighted by molar-refractivity contribution is 8.76. The second-order valence-electron chi connectivity index (χ2n) is 5.55. The number of carbonyl (C=O) groups excluding carboxylic acids is 2. The molecular formula is C17H33NO2S2. The van der Waals surface area contributed by atoms with Crippen LogP contribution >= 0.6 is 21.6 Å². The summed E-state index contributed by atoms with van der Waals surface area (Å²) in [5.41, 5.74) is 0. The number of unbranched alkanes of at least 4 members (excludes halogenated alkanes) is 5. The van der Waals surface area contributed by atoms with Gasteiger partial charge in [0.1, 0.15) is 5.78 Å². The van der Waals surface area contributed by atoms with Crippen LogP contribution in [-0.2, 0) is 9.59 Å². The molecule has 0 unspecified atom stereocenters. The minimum Gasteiger partial charge on any atom is -0.356 e. The first-order chi connectivity index (χ1) is 10.7. The summed E-state index contributed by atoms with van der Waals surface area (Å²) in [6.45, 7) is 5.14. The Labute approximate surface area is 144 Å². The molecule has 3 nitrogen and oxygen atoms in total. The highest BCUT2D eigenvalue weighted by Gasteiger charge is 2.03. The fraction of sp³-hybridized carbons (Fsp3) is 0.882. The van der Waals surface area contributed by atoms with Gasteiger partial charge < -0.3 is 5.32 Å². The molecule has 0 aromatic carbocycles. The van der Waals surface area contributed by atoms with Gasteiger partial charge in [-0.2, -0.15) is 0 Å². The second-order valence-corrected chi connectivity index (χ2v) is 8.25. The molecule has 0 heterocycles. The predicted octanol–water partition coefficient (Wildman–Crippen LogP) is 4.99. The van der Waals surface area contributed by atoms with Crippen LogP contribution in [0.5, 0.6) is 0 Å². The maximum Gasteiger partial charge on any atom is 0.220 e. The van der Waals surface area contributed by atoms with Crippen molar-refractivity contribution in [2.75, 3.05) is 18.1 Å². The molecule has 0 saturated carbocycles. The molecule has 0 aliphatic heterocycles. The minimum atomic E-state index is 0.149. The van der Waals surface area contributed by atoms with Crippen LogP contribution < -0.4 is 5.32 Å². The van der Waals surface area contributed by atoms with Crippen molar-refractivity contribution in [1.82, 2.24) is 5.32 Å². The Hall–Kier alpha value is -0.160. The zero-order valence-electron chi connectivity index (χ0n) is 14.3. The van der Waals surface area contributed by atoms with Crippen molar-refractivity contribution >= 4 is 33.3 Å². The van der Waals surface area contributed by atoms with E-state index in [1.165, 1.54) is 32.1 Å². The van der Waals surface area contributed by atoms with Crippen molar-refractivity contribution in [3.8, 4) is 0 Å². The molecule has 0 radical (unpaired) electrons. The molecule has 1 amide bonds. The van der Waals surface area contributed by atoms with E-state index in [0.717, 1.165) is 37.3 Å². The summed E-state index contributed by atoms with van der Waals surface area (Å²) >= 11 is 0. The Bertz CT molecular complexity index is 258. The number of amides is 1. The topological polar surface area (TPSA) is 46.2 Å². The normalized spacial score (nSPS) is 10.6. The van der Waals surface area contributed by atoms with E-state index in [9.17, 15) is 9.59 Å². The molecular weight excluding hydrogens is 314 g/mol. The number of hydrogen-bond acceptors (Lipinski definition) is 4. The lowest BCUT2D eigenvalue weighted by molar-refractivity contribution is -0.121. The number of Topliss-reactive ketones (excluding diaryl/α,β-unsaturated/α-hetero) is 1. The van der Waals surface area contributed by atoms with Crippen LogP contribution in [0.3, 0.4) is 0 Å². The van der Waals surface area contributed by atoms with Gasteiger partial charge in [0, 0.05) is 37.3 Å². The summed E-state index contributed by atoms with van der Waals surface area (Å²) in [6, 6.07) is 0. The first-order valence-electron chi connectivity index (χ1n) is 8.73. The van der Waals surface area contributed by atoms with Crippen LogP contribution in [0.25, 0.3) is 0 Å². The van der Waals surface area contributed by atoms with Crippen molar-refractivity contribution in [2.24, 2.45) is 0 Å². The van der Waals surface area contributed by atoms with E-state index in [4.69, 9.17) is 0 Å². The highest BCUT2D eigenvalue weighted by Crippen LogP contribution is 2.23. The average molecular weight is 348 g/mol. The van der Waals surface area contributed by atoms with Crippen molar-refractivity contribution in [3.05, 3.63) is 0 Å². The third kappa shape index (κ3) is 16.2. The summed E-state index contributed by atoms with van der Waals surface area (Å²) in [7, 11) is 3.42. The molecule has 0 atom stereocenters. The zero-order valence-corrected chi connectivity index (χ0v) is 16.0. The van der Waals surface area contributed by atoms with Crippen molar-refractivity contribution in [3.63, 3.8) is 0 Å². The molecule has 0 rings (SSSR count). The number of nitrogens with one attached hydrogen (secondary N) is 1. The van der Waals surface area contributed by atoms with Crippen LogP contribution in [0.2, 0.25) is 0 Å². The largest absolute Gasteiger partial charge is 0.356 e. The Balaban J connectivity index is 3.28. The molecule has 0 aliphatic rings. The Morgan fingerprint density at radius 2 is 1.41 bits per heavy atom. The average Bonchev–Trinajstić information content (AvgIpc) is 2.51. The first-order valence-corrected chi connectivity index (χ1v) is 11.2. The van der Waals surface area contributed by atoms with E-state index in [-0.39, 0.29) is 5.91 Å². The lowest BCUT2D eigenvalue weighted by Gasteiger charge is -2.04. The lowest BCUT2D eigenvalue weighted by Crippen LogP contribution is -2.24. The van der Waals surface area contributed by atoms with Crippen molar-refractivity contribution < 1.29 is 9.59 Å². The molecule has 0 fully saturated rings. The molecule has 0 spiro atoms. The van der Waals surface area contributed by atoms with Crippen molar-refractivity contribution in [1.29, 1.82) is 0 Å². The molecule has 0 saturated heterocycles. The molecule has 130 valence electrons. The van der Waals surface area contributed by atoms with Gasteiger partial charge in [-0.1, -0.05) is 67.5 Å². The SMILES string of the molecule is CCCCCCC(=O)CCSSCCC(=O)NCCCCC. The van der Waals surface area contributed by atoms with Gasteiger partial charge in [-0.15, -0.1) is 0 Å². The van der Waals surface area contributed by atoms with Gasteiger partial charge in [-0.3, -0.25) is 9.59 Å². The van der Waals surface area contributed by atoms with Crippen LogP contribution in [0.1, 0.15) is 78.1 Å². The smallest absolute Gasteiger partial charge is 0.220 e. The van der Waals surface area contributed by atoms with Gasteiger partial charge in [-0.25, -0.2) is 0 Å². The van der Waals surface area contributed by atoms with Crippen molar-refractivity contribution in [2.45, 2.75) is 78.1 Å². The van der Waals surface area contributed by atoms with E-state index in [2.05, 4.69) is 19.2 Å². The third-order valence-electron chi connectivity index (χ3n) is 3.37. The fourth-order valence-electron chi connectivity index (χ4n) is 1.97. The zero-order chi connectivity index (χ0) is 16.5.